The van der Waals surface area contributed by atoms with Crippen LogP contribution in [0.3, 0.4) is 0 Å². The zero-order valence-electron chi connectivity index (χ0n) is 12.3. The van der Waals surface area contributed by atoms with Crippen LogP contribution in [-0.4, -0.2) is 19.4 Å². The average Bonchev–Trinajstić information content (AvgIpc) is 2.28. The van der Waals surface area contributed by atoms with Crippen molar-refractivity contribution in [3.8, 4) is 0 Å². The lowest BCUT2D eigenvalue weighted by Crippen LogP contribution is -2.14. The van der Waals surface area contributed by atoms with Gasteiger partial charge < -0.3 is 9.47 Å². The van der Waals surface area contributed by atoms with Gasteiger partial charge in [0.25, 0.3) is 0 Å². The summed E-state index contributed by atoms with van der Waals surface area (Å²) >= 11 is 0. The van der Waals surface area contributed by atoms with Crippen molar-refractivity contribution in [1.29, 1.82) is 0 Å². The molecular weight excluding hydrogens is 228 g/mol. The molecule has 0 aromatic heterocycles. The third kappa shape index (κ3) is 9.94. The van der Waals surface area contributed by atoms with Crippen LogP contribution in [0.5, 0.6) is 0 Å². The van der Waals surface area contributed by atoms with Crippen LogP contribution in [-0.2, 0) is 9.47 Å². The molecule has 1 atom stereocenters. The number of carbonyl (C=O) groups excluding carboxylic acids is 1. The molecule has 0 rings (SSSR count). The Morgan fingerprint density at radius 1 is 1.17 bits per heavy atom. The summed E-state index contributed by atoms with van der Waals surface area (Å²) in [7, 11) is 1.32. The Morgan fingerprint density at radius 3 is 2.39 bits per heavy atom. The Morgan fingerprint density at radius 2 is 1.83 bits per heavy atom. The summed E-state index contributed by atoms with van der Waals surface area (Å²) < 4.78 is 9.43. The first kappa shape index (κ1) is 16.8. The smallest absolute Gasteiger partial charge is 0.438 e. The summed E-state index contributed by atoms with van der Waals surface area (Å²) in [5, 5.41) is 0. The zero-order valence-corrected chi connectivity index (χ0v) is 12.3. The average molecular weight is 254 g/mol. The first-order chi connectivity index (χ1) is 8.45. The number of hydrogen-bond acceptors (Lipinski definition) is 3. The van der Waals surface area contributed by atoms with E-state index in [1.54, 1.807) is 0 Å². The number of carbonyl (C=O) groups is 1. The summed E-state index contributed by atoms with van der Waals surface area (Å²) in [4.78, 5) is 10.9. The Labute approximate surface area is 111 Å². The number of ether oxygens (including phenoxy) is 2. The Bertz CT molecular complexity index is 299. The maximum atomic E-state index is 10.9. The fourth-order valence-electron chi connectivity index (χ4n) is 1.53. The Kier molecular flexibility index (Phi) is 9.07. The first-order valence-corrected chi connectivity index (χ1v) is 6.49. The summed E-state index contributed by atoms with van der Waals surface area (Å²) in [6.07, 6.45) is 7.71. The predicted molar refractivity (Wildman–Crippen MR) is 74.6 cm³/mol. The fraction of sp³-hybridized carbons (Fsp3) is 0.667. The number of hydrogen-bond donors (Lipinski definition) is 0. The largest absolute Gasteiger partial charge is 0.508 e. The molecular formula is C15H26O3. The predicted octanol–water partition coefficient (Wildman–Crippen LogP) is 4.63. The van der Waals surface area contributed by atoms with E-state index in [0.717, 1.165) is 25.7 Å². The topological polar surface area (TPSA) is 35.5 Å². The van der Waals surface area contributed by atoms with Crippen LogP contribution >= 0.6 is 0 Å². The van der Waals surface area contributed by atoms with Crippen LogP contribution < -0.4 is 0 Å². The van der Waals surface area contributed by atoms with Crippen LogP contribution in [0.2, 0.25) is 0 Å². The molecule has 0 saturated carbocycles. The Hall–Kier alpha value is -1.25. The lowest BCUT2D eigenvalue weighted by atomic mass is 10.1. The maximum absolute atomic E-state index is 10.9. The normalized spacial score (nSPS) is 12.8. The molecule has 3 nitrogen and oxygen atoms in total. The highest BCUT2D eigenvalue weighted by Gasteiger charge is 2.07. The Balaban J connectivity index is 3.79. The number of allylic oxidation sites excluding steroid dienone is 4. The van der Waals surface area contributed by atoms with E-state index >= 15 is 0 Å². The molecule has 0 fully saturated rings. The van der Waals surface area contributed by atoms with Gasteiger partial charge in [-0.05, 0) is 53.4 Å². The van der Waals surface area contributed by atoms with Crippen molar-refractivity contribution in [3.63, 3.8) is 0 Å². The van der Waals surface area contributed by atoms with Crippen molar-refractivity contribution < 1.29 is 14.3 Å². The second-order valence-corrected chi connectivity index (χ2v) is 4.83. The van der Waals surface area contributed by atoms with Crippen LogP contribution in [0.1, 0.15) is 53.4 Å². The fourth-order valence-corrected chi connectivity index (χ4v) is 1.53. The standard InChI is InChI=1S/C15H26O3/c1-12(2)8-6-9-13(3)10-7-11-14(4)18-15(16)17-5/h8,10,14H,6-7,9,11H2,1-5H3/b13-10+. The SMILES string of the molecule is COC(=O)OC(C)CC/C=C(\C)CCC=C(C)C. The van der Waals surface area contributed by atoms with Crippen molar-refractivity contribution >= 4 is 6.16 Å². The quantitative estimate of drug-likeness (QED) is 0.491. The highest BCUT2D eigenvalue weighted by molar-refractivity contribution is 5.59. The van der Waals surface area contributed by atoms with Crippen molar-refractivity contribution in [2.75, 3.05) is 7.11 Å². The van der Waals surface area contributed by atoms with E-state index in [1.807, 2.05) is 6.92 Å². The molecule has 0 amide bonds. The monoisotopic (exact) mass is 254 g/mol. The van der Waals surface area contributed by atoms with Crippen LogP contribution in [0, 0.1) is 0 Å². The summed E-state index contributed by atoms with van der Waals surface area (Å²) in [5.41, 5.74) is 2.75. The van der Waals surface area contributed by atoms with E-state index < -0.39 is 6.16 Å². The highest BCUT2D eigenvalue weighted by atomic mass is 16.7. The van der Waals surface area contributed by atoms with Gasteiger partial charge in [-0.3, -0.25) is 0 Å². The molecule has 0 aliphatic carbocycles. The molecule has 3 heteroatoms. The third-order valence-electron chi connectivity index (χ3n) is 2.62. The molecule has 0 heterocycles. The first-order valence-electron chi connectivity index (χ1n) is 6.49. The van der Waals surface area contributed by atoms with Gasteiger partial charge in [0.05, 0.1) is 7.11 Å². The van der Waals surface area contributed by atoms with E-state index in [2.05, 4.69) is 37.7 Å². The molecule has 0 aromatic carbocycles. The van der Waals surface area contributed by atoms with Crippen molar-refractivity contribution in [3.05, 3.63) is 23.3 Å². The minimum Gasteiger partial charge on any atom is -0.438 e. The highest BCUT2D eigenvalue weighted by Crippen LogP contribution is 2.10. The third-order valence-corrected chi connectivity index (χ3v) is 2.62. The minimum atomic E-state index is -0.605. The van der Waals surface area contributed by atoms with E-state index in [9.17, 15) is 4.79 Å². The van der Waals surface area contributed by atoms with E-state index in [0.29, 0.717) is 0 Å². The van der Waals surface area contributed by atoms with Crippen molar-refractivity contribution in [1.82, 2.24) is 0 Å². The van der Waals surface area contributed by atoms with Gasteiger partial charge in [-0.15, -0.1) is 0 Å². The molecule has 104 valence electrons. The molecule has 1 unspecified atom stereocenters. The van der Waals surface area contributed by atoms with Crippen LogP contribution in [0.15, 0.2) is 23.3 Å². The lowest BCUT2D eigenvalue weighted by molar-refractivity contribution is 0.0410. The van der Waals surface area contributed by atoms with Crippen molar-refractivity contribution in [2.24, 2.45) is 0 Å². The van der Waals surface area contributed by atoms with Gasteiger partial charge >= 0.3 is 6.16 Å². The zero-order chi connectivity index (χ0) is 14.0. The molecule has 0 spiro atoms. The summed E-state index contributed by atoms with van der Waals surface area (Å²) in [6.45, 7) is 8.25. The van der Waals surface area contributed by atoms with E-state index in [4.69, 9.17) is 4.74 Å². The van der Waals surface area contributed by atoms with Crippen LogP contribution in [0.4, 0.5) is 4.79 Å². The molecule has 18 heavy (non-hydrogen) atoms. The summed E-state index contributed by atoms with van der Waals surface area (Å²) in [6, 6.07) is 0. The lowest BCUT2D eigenvalue weighted by Gasteiger charge is -2.10. The summed E-state index contributed by atoms with van der Waals surface area (Å²) in [5.74, 6) is 0. The molecule has 0 radical (unpaired) electrons. The van der Waals surface area contributed by atoms with Gasteiger partial charge in [0, 0.05) is 0 Å². The van der Waals surface area contributed by atoms with Crippen LogP contribution in [0.25, 0.3) is 0 Å². The van der Waals surface area contributed by atoms with Gasteiger partial charge in [-0.1, -0.05) is 23.3 Å². The molecule has 0 bridgehead atoms. The van der Waals surface area contributed by atoms with Crippen molar-refractivity contribution in [2.45, 2.75) is 59.5 Å². The van der Waals surface area contributed by atoms with Gasteiger partial charge in [-0.2, -0.15) is 0 Å². The van der Waals surface area contributed by atoms with Gasteiger partial charge in [0.2, 0.25) is 0 Å². The second-order valence-electron chi connectivity index (χ2n) is 4.83. The minimum absolute atomic E-state index is 0.0979. The number of rotatable bonds is 7. The molecule has 0 aliphatic rings. The molecule has 0 aliphatic heterocycles. The van der Waals surface area contributed by atoms with Gasteiger partial charge in [0.15, 0.2) is 0 Å². The number of methoxy groups -OCH3 is 1. The molecule has 0 saturated heterocycles. The second kappa shape index (κ2) is 9.75. The maximum Gasteiger partial charge on any atom is 0.508 e. The van der Waals surface area contributed by atoms with Gasteiger partial charge in [-0.25, -0.2) is 4.79 Å². The van der Waals surface area contributed by atoms with E-state index in [1.165, 1.54) is 18.3 Å². The molecule has 0 aromatic rings. The van der Waals surface area contributed by atoms with Gasteiger partial charge in [0.1, 0.15) is 6.10 Å². The van der Waals surface area contributed by atoms with E-state index in [-0.39, 0.29) is 6.10 Å². The molecule has 0 N–H and O–H groups in total.